The van der Waals surface area contributed by atoms with Gasteiger partial charge in [-0.1, -0.05) is 73.8 Å². The molecule has 622 valence electrons. The zero-order valence-electron chi connectivity index (χ0n) is 71.1. The van der Waals surface area contributed by atoms with Crippen LogP contribution in [0.5, 0.6) is 0 Å². The van der Waals surface area contributed by atoms with Crippen molar-refractivity contribution >= 4 is 82.0 Å². The molecule has 31 heteroatoms. The first-order chi connectivity index (χ1) is 57.7. The van der Waals surface area contributed by atoms with Crippen molar-refractivity contribution in [2.45, 2.75) is 116 Å². The third-order valence-corrected chi connectivity index (χ3v) is 24.8. The molecule has 7 aromatic heterocycles. The van der Waals surface area contributed by atoms with Gasteiger partial charge in [-0.3, -0.25) is 67.8 Å². The summed E-state index contributed by atoms with van der Waals surface area (Å²) in [5.74, 6) is 19.8. The van der Waals surface area contributed by atoms with E-state index in [1.165, 1.54) is 35.8 Å². The van der Waals surface area contributed by atoms with Gasteiger partial charge in [0.1, 0.15) is 32.7 Å². The van der Waals surface area contributed by atoms with Crippen molar-refractivity contribution in [1.82, 2.24) is 68.8 Å². The van der Waals surface area contributed by atoms with Crippen LogP contribution in [0.2, 0.25) is 0 Å². The Bertz CT molecular complexity index is 6250. The van der Waals surface area contributed by atoms with Gasteiger partial charge in [-0.05, 0) is 134 Å². The van der Waals surface area contributed by atoms with E-state index in [9.17, 15) is 24.0 Å². The lowest BCUT2D eigenvalue weighted by Gasteiger charge is -2.37. The highest BCUT2D eigenvalue weighted by atomic mass is 32.1. The standard InChI is InChI=1S/C20H22N4OS.3C18H19N5O.C17H17N5OS/c1-6-7-14-8-15(11-22-10-14)16-9-17(26-13(16)3)20(4)12(2)18(25)24(5)19(21)23-20;1-5-12-7-6-8-13(9-12)14-10-15(21-23(14)4)18(2)11-16(24)22(3)17(19)20-18;1-5-12-7-6-8-13(9-12)14-10-15(23(4)21-14)18(2)11-16(24)22(3)17(19)20-18;1-5-13-7-6-8-15(9-13)23-11-14(10-20-23)18(3)12(2)16(24)22(4)17(19)21-18;1-4-5-11-6-12(9-19-8-11)15-20-10-13(24-15)17(2)7-14(23)22(3)16(18)21-17/h8-12H,1-5H3,(H2,21,23);2*1,6-10H,11H2,2-4H3,(H2,19,20);1,6-12H,2-4H3,(H2,19,21);6,8-10H,7H2,1-3H3,(H2,18,21)/t12-,20-;2*18-;12?,18-;17-/m00000/s1. The molecule has 0 radical (unpaired) electrons. The zero-order valence-corrected chi connectivity index (χ0v) is 72.7. The maximum atomic E-state index is 12.5. The molecule has 10 aromatic rings. The number of rotatable bonds is 10. The van der Waals surface area contributed by atoms with E-state index in [1.807, 2.05) is 179 Å². The van der Waals surface area contributed by atoms with E-state index in [0.717, 1.165) is 104 Å². The minimum atomic E-state index is -0.770. The van der Waals surface area contributed by atoms with Crippen molar-refractivity contribution < 1.29 is 24.0 Å². The lowest BCUT2D eigenvalue weighted by Crippen LogP contribution is -2.52. The highest BCUT2D eigenvalue weighted by molar-refractivity contribution is 7.15. The summed E-state index contributed by atoms with van der Waals surface area (Å²) in [6.07, 6.45) is 29.5. The highest BCUT2D eigenvalue weighted by Gasteiger charge is 2.47. The van der Waals surface area contributed by atoms with Gasteiger partial charge < -0.3 is 28.7 Å². The largest absolute Gasteiger partial charge is 0.369 e. The fourth-order valence-corrected chi connectivity index (χ4v) is 16.4. The molecule has 0 bridgehead atoms. The van der Waals surface area contributed by atoms with Crippen LogP contribution in [0, 0.1) is 79.5 Å². The molecule has 7 atom stereocenters. The van der Waals surface area contributed by atoms with E-state index in [1.54, 1.807) is 98.5 Å². The average Bonchev–Trinajstić information content (AvgIpc) is 1.55. The quantitative estimate of drug-likeness (QED) is 0.0795. The maximum absolute atomic E-state index is 12.5. The van der Waals surface area contributed by atoms with Gasteiger partial charge >= 0.3 is 0 Å². The number of benzene rings is 3. The van der Waals surface area contributed by atoms with Crippen molar-refractivity contribution in [2.24, 2.45) is 79.6 Å². The van der Waals surface area contributed by atoms with Crippen LogP contribution >= 0.6 is 22.7 Å². The fraction of sp³-hybridized carbons (Fsp3) is 0.297. The van der Waals surface area contributed by atoms with Gasteiger partial charge in [-0.25, -0.2) is 34.6 Å². The lowest BCUT2D eigenvalue weighted by atomic mass is 9.81. The van der Waals surface area contributed by atoms with Crippen LogP contribution in [0.4, 0.5) is 0 Å². The Hall–Kier alpha value is -14.6. The molecule has 0 aliphatic carbocycles. The predicted octanol–water partition coefficient (Wildman–Crippen LogP) is 9.51. The summed E-state index contributed by atoms with van der Waals surface area (Å²) in [5.41, 5.74) is 39.8. The Labute approximate surface area is 718 Å². The first-order valence-electron chi connectivity index (χ1n) is 38.6. The Morgan fingerprint density at radius 2 is 0.943 bits per heavy atom. The molecule has 122 heavy (non-hydrogen) atoms. The van der Waals surface area contributed by atoms with E-state index >= 15 is 0 Å². The zero-order chi connectivity index (χ0) is 88.8. The van der Waals surface area contributed by atoms with Gasteiger partial charge in [0.05, 0.1) is 70.6 Å². The second-order valence-electron chi connectivity index (χ2n) is 30.8. The molecule has 1 unspecified atom stereocenters. The molecule has 5 amide bonds. The number of hydrogen-bond acceptors (Lipinski definition) is 23. The normalized spacial score (nSPS) is 21.6. The number of thiazole rings is 1. The molecule has 5 aliphatic heterocycles. The van der Waals surface area contributed by atoms with E-state index in [4.69, 9.17) is 47.9 Å². The average molecular weight is 1670 g/mol. The molecule has 0 saturated heterocycles. The molecule has 29 nitrogen and oxygen atoms in total. The number of pyridine rings is 2. The second-order valence-corrected chi connectivity index (χ2v) is 33.1. The van der Waals surface area contributed by atoms with E-state index in [2.05, 4.69) is 110 Å². The summed E-state index contributed by atoms with van der Waals surface area (Å²) in [7, 11) is 11.9. The molecule has 0 spiro atoms. The third-order valence-electron chi connectivity index (χ3n) is 22.2. The van der Waals surface area contributed by atoms with Crippen LogP contribution in [0.1, 0.15) is 141 Å². The number of carbonyl (C=O) groups is 5. The number of aromatic nitrogens is 9. The van der Waals surface area contributed by atoms with Crippen molar-refractivity contribution in [2.75, 3.05) is 35.2 Å². The monoisotopic (exact) mass is 1670 g/mol. The van der Waals surface area contributed by atoms with Crippen LogP contribution in [0.3, 0.4) is 0 Å². The Kier molecular flexibility index (Phi) is 25.7. The van der Waals surface area contributed by atoms with Crippen LogP contribution in [-0.4, -0.2) is 163 Å². The number of nitrogens with two attached hydrogens (primary N) is 5. The number of aryl methyl sites for hydroxylation is 3. The topological polar surface area (TPSA) is 386 Å². The van der Waals surface area contributed by atoms with E-state index in [-0.39, 0.29) is 90.4 Å². The first kappa shape index (κ1) is 88.2. The summed E-state index contributed by atoms with van der Waals surface area (Å²) < 4.78 is 5.24. The number of carbonyl (C=O) groups excluding carboxylic acids is 5. The molecule has 15 rings (SSSR count). The molecule has 3 aromatic carbocycles. The first-order valence-corrected chi connectivity index (χ1v) is 40.2. The maximum Gasteiger partial charge on any atom is 0.234 e. The Balaban J connectivity index is 0.000000149. The highest BCUT2D eigenvalue weighted by Crippen LogP contribution is 2.46. The number of hydrogen-bond donors (Lipinski definition) is 5. The fourth-order valence-electron chi connectivity index (χ4n) is 14.2. The summed E-state index contributed by atoms with van der Waals surface area (Å²) in [6, 6.07) is 32.8. The van der Waals surface area contributed by atoms with Gasteiger partial charge in [-0.2, -0.15) is 15.3 Å². The second kappa shape index (κ2) is 35.5. The minimum Gasteiger partial charge on any atom is -0.369 e. The third kappa shape index (κ3) is 18.2. The number of nitrogens with zero attached hydrogens (tertiary/aromatic N) is 19. The van der Waals surface area contributed by atoms with Crippen LogP contribution in [0.25, 0.3) is 49.9 Å². The molecule has 10 N–H and O–H groups in total. The van der Waals surface area contributed by atoms with Crippen molar-refractivity contribution in [3.05, 3.63) is 206 Å². The van der Waals surface area contributed by atoms with E-state index in [0.29, 0.717) is 5.69 Å². The van der Waals surface area contributed by atoms with Crippen LogP contribution in [-0.2, 0) is 65.8 Å². The Morgan fingerprint density at radius 1 is 0.467 bits per heavy atom. The van der Waals surface area contributed by atoms with Crippen molar-refractivity contribution in [3.63, 3.8) is 0 Å². The lowest BCUT2D eigenvalue weighted by molar-refractivity contribution is -0.134. The van der Waals surface area contributed by atoms with Gasteiger partial charge in [0.25, 0.3) is 0 Å². The SMILES string of the molecule is C#Cc1cccc(-c2cc([C@]3(C)CC(=O)N(C)C(N)=N3)n(C)n2)c1.C#Cc1cccc(-c2cc([C@]3(C)CC(=O)N(C)C(N)=N3)nn2C)c1.C#Cc1cccc(-n2cc([C@@]3(C)N=C(N)N(C)C(=O)C3C)cn2)c1.CC#Cc1cncc(-c2cc([C@@]3(C)N=C(N)N(C)C(=O)[C@@H]3C)sc2C)c1.CC#Cc1cncc(-c2ncc([C@]3(C)CC(=O)N(C)C(N)=N3)s2)c1. The van der Waals surface area contributed by atoms with Crippen LogP contribution in [0.15, 0.2) is 171 Å². The molecule has 12 heterocycles. The van der Waals surface area contributed by atoms with Crippen LogP contribution < -0.4 is 28.7 Å². The number of guanidine groups is 5. The number of amides is 5. The molecular formula is C91H96N24O5S2. The van der Waals surface area contributed by atoms with Crippen molar-refractivity contribution in [3.8, 4) is 111 Å². The van der Waals surface area contributed by atoms with E-state index < -0.39 is 27.7 Å². The molecule has 0 fully saturated rings. The summed E-state index contributed by atoms with van der Waals surface area (Å²) in [4.78, 5) is 107. The Morgan fingerprint density at radius 3 is 1.51 bits per heavy atom. The van der Waals surface area contributed by atoms with Gasteiger partial charge in [0, 0.05) is 152 Å². The summed E-state index contributed by atoms with van der Waals surface area (Å²) >= 11 is 3.14. The minimum absolute atomic E-state index is 0.0190. The smallest absolute Gasteiger partial charge is 0.234 e. The molecule has 0 saturated carbocycles. The molecular weight excluding hydrogens is 1570 g/mol. The molecule has 5 aliphatic rings. The number of terminal acetylenes is 3. The number of thiophene rings is 1. The summed E-state index contributed by atoms with van der Waals surface area (Å²) in [5, 5.41) is 14.3. The summed E-state index contributed by atoms with van der Waals surface area (Å²) in [6.45, 7) is 19.0. The van der Waals surface area contributed by atoms with Gasteiger partial charge in [0.2, 0.25) is 29.5 Å². The number of aliphatic imine (C=N–C) groups is 5. The predicted molar refractivity (Wildman–Crippen MR) is 478 cm³/mol. The van der Waals surface area contributed by atoms with Crippen molar-refractivity contribution in [1.29, 1.82) is 0 Å². The van der Waals surface area contributed by atoms with Gasteiger partial charge in [0.15, 0.2) is 29.8 Å². The van der Waals surface area contributed by atoms with Gasteiger partial charge in [-0.15, -0.1) is 53.8 Å².